The maximum atomic E-state index is 13.3. The molecular weight excluding hydrogens is 516 g/mol. The zero-order chi connectivity index (χ0) is 27.9. The number of carbonyl (C=O) groups excluding carboxylic acids is 1. The van der Waals surface area contributed by atoms with Gasteiger partial charge in [0.25, 0.3) is 5.89 Å². The Balaban J connectivity index is 1.22. The second-order valence-electron chi connectivity index (χ2n) is 10.7. The van der Waals surface area contributed by atoms with Gasteiger partial charge in [-0.2, -0.15) is 5.10 Å². The van der Waals surface area contributed by atoms with Crippen LogP contribution < -0.4 is 5.32 Å². The van der Waals surface area contributed by atoms with Crippen LogP contribution in [0.2, 0.25) is 0 Å². The number of hydrogen-bond acceptors (Lipinski definition) is 9. The van der Waals surface area contributed by atoms with Crippen molar-refractivity contribution in [3.05, 3.63) is 95.7 Å². The standard InChI is InChI=1S/C31H28N8O2/c1-18(2)39-17-24(27(38-39)22-15-32-28(33-16-22)20-12-13-20)30-36-37-31(41-30)35-29-25(40)14-21-10-6-7-11-23(21)26(34-29)19-8-4-3-5-9-19/h3-11,15-18,20,29H,12-14H2,1-2H3,(H,35,37)/t29-/m1/s1. The summed E-state index contributed by atoms with van der Waals surface area (Å²) in [5.74, 6) is 1.51. The minimum atomic E-state index is -0.896. The van der Waals surface area contributed by atoms with E-state index in [0.717, 1.165) is 46.6 Å². The lowest BCUT2D eigenvalue weighted by molar-refractivity contribution is -0.119. The summed E-state index contributed by atoms with van der Waals surface area (Å²) < 4.78 is 7.90. The van der Waals surface area contributed by atoms with Crippen LogP contribution in [-0.4, -0.2) is 47.6 Å². The van der Waals surface area contributed by atoms with Gasteiger partial charge in [-0.25, -0.2) is 9.97 Å². The third-order valence-electron chi connectivity index (χ3n) is 7.31. The highest BCUT2D eigenvalue weighted by molar-refractivity contribution is 6.16. The van der Waals surface area contributed by atoms with Crippen molar-refractivity contribution in [2.24, 2.45) is 4.99 Å². The average Bonchev–Trinajstić information content (AvgIpc) is 3.61. The average molecular weight is 545 g/mol. The number of rotatable bonds is 7. The monoisotopic (exact) mass is 544 g/mol. The summed E-state index contributed by atoms with van der Waals surface area (Å²) in [4.78, 5) is 27.3. The van der Waals surface area contributed by atoms with Gasteiger partial charge in [-0.15, -0.1) is 5.10 Å². The molecule has 0 radical (unpaired) electrons. The smallest absolute Gasteiger partial charge is 0.317 e. The van der Waals surface area contributed by atoms with Crippen molar-refractivity contribution in [1.82, 2.24) is 29.9 Å². The number of nitrogens with one attached hydrogen (secondary N) is 1. The van der Waals surface area contributed by atoms with Crippen molar-refractivity contribution >= 4 is 17.5 Å². The van der Waals surface area contributed by atoms with Crippen LogP contribution in [0.15, 0.2) is 82.6 Å². The van der Waals surface area contributed by atoms with Crippen LogP contribution in [0.25, 0.3) is 22.7 Å². The Morgan fingerprint density at radius 1 is 0.927 bits per heavy atom. The van der Waals surface area contributed by atoms with E-state index in [1.54, 1.807) is 12.4 Å². The molecule has 1 aliphatic carbocycles. The lowest BCUT2D eigenvalue weighted by Gasteiger charge is -2.11. The highest BCUT2D eigenvalue weighted by Gasteiger charge is 2.29. The van der Waals surface area contributed by atoms with E-state index in [2.05, 4.69) is 25.5 Å². The van der Waals surface area contributed by atoms with Gasteiger partial charge >= 0.3 is 6.01 Å². The van der Waals surface area contributed by atoms with Gasteiger partial charge in [0.2, 0.25) is 0 Å². The third kappa shape index (κ3) is 4.93. The second-order valence-corrected chi connectivity index (χ2v) is 10.7. The molecule has 2 aliphatic rings. The fraction of sp³-hybridized carbons (Fsp3) is 0.258. The largest absolute Gasteiger partial charge is 0.403 e. The topological polar surface area (TPSA) is 124 Å². The molecule has 204 valence electrons. The number of nitrogens with zero attached hydrogens (tertiary/aromatic N) is 7. The number of aromatic nitrogens is 6. The van der Waals surface area contributed by atoms with Crippen molar-refractivity contribution in [3.63, 3.8) is 0 Å². The molecule has 10 nitrogen and oxygen atoms in total. The SMILES string of the molecule is CC(C)n1cc(-c2nnc(N[C@H]3N=C(c4ccccc4)c4ccccc4CC3=O)o2)c(-c2cnc(C3CC3)nc2)n1. The number of Topliss-reactive ketones (excluding diaryl/α,β-unsaturated/α-hetero) is 1. The second kappa shape index (κ2) is 10.2. The molecule has 3 aromatic heterocycles. The Bertz CT molecular complexity index is 1750. The summed E-state index contributed by atoms with van der Waals surface area (Å²) >= 11 is 0. The van der Waals surface area contributed by atoms with Crippen molar-refractivity contribution in [2.75, 3.05) is 5.32 Å². The van der Waals surface area contributed by atoms with Gasteiger partial charge in [0.1, 0.15) is 11.5 Å². The van der Waals surface area contributed by atoms with Crippen LogP contribution in [-0.2, 0) is 11.2 Å². The van der Waals surface area contributed by atoms with Crippen LogP contribution in [0.4, 0.5) is 6.01 Å². The highest BCUT2D eigenvalue weighted by Crippen LogP contribution is 2.38. The van der Waals surface area contributed by atoms with Gasteiger partial charge in [0.05, 0.1) is 11.3 Å². The first-order chi connectivity index (χ1) is 20.0. The van der Waals surface area contributed by atoms with Crippen LogP contribution in [0, 0.1) is 0 Å². The molecule has 7 rings (SSSR count). The summed E-state index contributed by atoms with van der Waals surface area (Å²) in [6.45, 7) is 4.10. The molecule has 0 saturated heterocycles. The van der Waals surface area contributed by atoms with Crippen LogP contribution in [0.5, 0.6) is 0 Å². The van der Waals surface area contributed by atoms with Gasteiger partial charge in [-0.05, 0) is 32.3 Å². The highest BCUT2D eigenvalue weighted by atomic mass is 16.4. The molecule has 1 aliphatic heterocycles. The Kier molecular flexibility index (Phi) is 6.22. The quantitative estimate of drug-likeness (QED) is 0.295. The van der Waals surface area contributed by atoms with E-state index >= 15 is 0 Å². The third-order valence-corrected chi connectivity index (χ3v) is 7.31. The first-order valence-corrected chi connectivity index (χ1v) is 13.8. The van der Waals surface area contributed by atoms with E-state index in [1.807, 2.05) is 79.3 Å². The number of fused-ring (bicyclic) bond motifs is 1. The number of anilines is 1. The van der Waals surface area contributed by atoms with E-state index in [-0.39, 0.29) is 30.2 Å². The van der Waals surface area contributed by atoms with Crippen LogP contribution >= 0.6 is 0 Å². The van der Waals surface area contributed by atoms with Gasteiger partial charge in [-0.1, -0.05) is 59.7 Å². The lowest BCUT2D eigenvalue weighted by atomic mass is 9.96. The van der Waals surface area contributed by atoms with E-state index in [4.69, 9.17) is 14.5 Å². The minimum absolute atomic E-state index is 0.0932. The molecule has 0 unspecified atom stereocenters. The van der Waals surface area contributed by atoms with Crippen molar-refractivity contribution < 1.29 is 9.21 Å². The first kappa shape index (κ1) is 25.0. The number of benzene rings is 2. The normalized spacial score (nSPS) is 16.8. The molecule has 5 aromatic rings. The van der Waals surface area contributed by atoms with Gasteiger partial charge in [0.15, 0.2) is 11.9 Å². The number of carbonyl (C=O) groups is 1. The van der Waals surface area contributed by atoms with Gasteiger partial charge in [0, 0.05) is 53.7 Å². The summed E-state index contributed by atoms with van der Waals surface area (Å²) in [6, 6.07) is 17.9. The maximum Gasteiger partial charge on any atom is 0.317 e. The Hall–Kier alpha value is -4.99. The Labute approximate surface area is 236 Å². The van der Waals surface area contributed by atoms with Crippen molar-refractivity contribution in [3.8, 4) is 22.7 Å². The maximum absolute atomic E-state index is 13.3. The van der Waals surface area contributed by atoms with Crippen molar-refractivity contribution in [1.29, 1.82) is 0 Å². The van der Waals surface area contributed by atoms with Gasteiger partial charge in [-0.3, -0.25) is 14.5 Å². The zero-order valence-corrected chi connectivity index (χ0v) is 22.7. The first-order valence-electron chi connectivity index (χ1n) is 13.8. The molecule has 0 amide bonds. The van der Waals surface area contributed by atoms with E-state index in [0.29, 0.717) is 17.2 Å². The fourth-order valence-electron chi connectivity index (χ4n) is 4.95. The van der Waals surface area contributed by atoms with Gasteiger partial charge < -0.3 is 9.73 Å². The molecule has 1 N–H and O–H groups in total. The lowest BCUT2D eigenvalue weighted by Crippen LogP contribution is -2.29. The molecule has 10 heteroatoms. The predicted molar refractivity (Wildman–Crippen MR) is 154 cm³/mol. The molecular formula is C31H28N8O2. The molecule has 2 aromatic carbocycles. The molecule has 0 bridgehead atoms. The van der Waals surface area contributed by atoms with Crippen molar-refractivity contribution in [2.45, 2.75) is 51.2 Å². The molecule has 4 heterocycles. The summed E-state index contributed by atoms with van der Waals surface area (Å²) in [5, 5.41) is 16.4. The predicted octanol–water partition coefficient (Wildman–Crippen LogP) is 5.25. The number of hydrogen-bond donors (Lipinski definition) is 1. The number of ketones is 1. The Morgan fingerprint density at radius 2 is 1.68 bits per heavy atom. The number of aliphatic imine (C=N–C) groups is 1. The zero-order valence-electron chi connectivity index (χ0n) is 22.7. The van der Waals surface area contributed by atoms with Crippen LogP contribution in [0.3, 0.4) is 0 Å². The minimum Gasteiger partial charge on any atom is -0.403 e. The molecule has 1 fully saturated rings. The Morgan fingerprint density at radius 3 is 2.44 bits per heavy atom. The van der Waals surface area contributed by atoms with E-state index < -0.39 is 6.17 Å². The summed E-state index contributed by atoms with van der Waals surface area (Å²) in [6.07, 6.45) is 7.09. The van der Waals surface area contributed by atoms with E-state index in [9.17, 15) is 4.79 Å². The van der Waals surface area contributed by atoms with Crippen LogP contribution in [0.1, 0.15) is 61.2 Å². The molecule has 41 heavy (non-hydrogen) atoms. The summed E-state index contributed by atoms with van der Waals surface area (Å²) in [5.41, 5.74) is 5.61. The van der Waals surface area contributed by atoms with E-state index in [1.165, 1.54) is 0 Å². The summed E-state index contributed by atoms with van der Waals surface area (Å²) in [7, 11) is 0. The molecule has 1 atom stereocenters. The fourth-order valence-corrected chi connectivity index (χ4v) is 4.95. The molecule has 1 saturated carbocycles. The molecule has 0 spiro atoms.